The topological polar surface area (TPSA) is 69.7 Å². The Labute approximate surface area is 262 Å². The van der Waals surface area contributed by atoms with Gasteiger partial charge in [-0.2, -0.15) is 0 Å². The molecule has 1 aliphatic rings. The predicted octanol–water partition coefficient (Wildman–Crippen LogP) is 7.30. The highest BCUT2D eigenvalue weighted by Crippen LogP contribution is 2.37. The lowest BCUT2D eigenvalue weighted by atomic mass is 10.0. The van der Waals surface area contributed by atoms with Gasteiger partial charge >= 0.3 is 0 Å². The van der Waals surface area contributed by atoms with Gasteiger partial charge in [0.15, 0.2) is 0 Å². The zero-order valence-corrected chi connectivity index (χ0v) is 25.9. The van der Waals surface area contributed by atoms with Crippen LogP contribution < -0.4 is 10.2 Å². The average Bonchev–Trinajstić information content (AvgIpc) is 3.28. The molecule has 222 valence electrons. The summed E-state index contributed by atoms with van der Waals surface area (Å²) >= 11 is 12.5. The minimum atomic E-state index is -0.741. The highest BCUT2D eigenvalue weighted by molar-refractivity contribution is 6.42. The summed E-state index contributed by atoms with van der Waals surface area (Å²) in [5, 5.41) is 5.82. The molecule has 0 aromatic heterocycles. The van der Waals surface area contributed by atoms with Gasteiger partial charge in [-0.25, -0.2) is 0 Å². The van der Waals surface area contributed by atoms with Gasteiger partial charge in [0, 0.05) is 43.4 Å². The van der Waals surface area contributed by atoms with E-state index >= 15 is 0 Å². The van der Waals surface area contributed by atoms with Crippen molar-refractivity contribution in [2.75, 3.05) is 18.0 Å². The van der Waals surface area contributed by atoms with Gasteiger partial charge in [0.05, 0.1) is 15.7 Å². The molecule has 0 saturated heterocycles. The van der Waals surface area contributed by atoms with Gasteiger partial charge in [0.25, 0.3) is 5.91 Å². The van der Waals surface area contributed by atoms with Gasteiger partial charge < -0.3 is 15.1 Å². The molecule has 0 bridgehead atoms. The number of rotatable bonds is 12. The van der Waals surface area contributed by atoms with E-state index in [1.54, 1.807) is 21.9 Å². The maximum Gasteiger partial charge on any atom is 0.258 e. The van der Waals surface area contributed by atoms with E-state index in [4.69, 9.17) is 23.2 Å². The number of amides is 3. The van der Waals surface area contributed by atoms with Crippen LogP contribution in [0.2, 0.25) is 10.0 Å². The summed E-state index contributed by atoms with van der Waals surface area (Å²) in [5.41, 5.74) is 3.28. The van der Waals surface area contributed by atoms with Gasteiger partial charge in [0.1, 0.15) is 6.04 Å². The molecule has 4 aromatic rings. The van der Waals surface area contributed by atoms with Crippen LogP contribution in [0.25, 0.3) is 10.8 Å². The van der Waals surface area contributed by atoms with Crippen molar-refractivity contribution in [2.24, 2.45) is 5.92 Å². The second-order valence-electron chi connectivity index (χ2n) is 11.4. The smallest absolute Gasteiger partial charge is 0.258 e. The number of hydrogen-bond donors (Lipinski definition) is 1. The Morgan fingerprint density at radius 3 is 2.35 bits per heavy atom. The molecule has 4 aromatic carbocycles. The summed E-state index contributed by atoms with van der Waals surface area (Å²) in [5.74, 6) is -0.175. The maximum atomic E-state index is 14.0. The van der Waals surface area contributed by atoms with E-state index in [1.807, 2.05) is 86.6 Å². The largest absolute Gasteiger partial charge is 0.354 e. The molecule has 1 atom stereocenters. The third-order valence-electron chi connectivity index (χ3n) is 7.71. The van der Waals surface area contributed by atoms with Crippen molar-refractivity contribution in [3.63, 3.8) is 0 Å². The number of nitrogens with one attached hydrogen (secondary N) is 1. The molecule has 0 spiro atoms. The van der Waals surface area contributed by atoms with Gasteiger partial charge in [-0.05, 0) is 53.1 Å². The molecule has 1 N–H and O–H groups in total. The fourth-order valence-corrected chi connectivity index (χ4v) is 5.86. The summed E-state index contributed by atoms with van der Waals surface area (Å²) in [4.78, 5) is 44.4. The van der Waals surface area contributed by atoms with Crippen molar-refractivity contribution in [1.82, 2.24) is 10.2 Å². The van der Waals surface area contributed by atoms with Crippen LogP contribution in [-0.4, -0.2) is 41.8 Å². The van der Waals surface area contributed by atoms with Crippen molar-refractivity contribution in [1.29, 1.82) is 0 Å². The number of carbonyl (C=O) groups excluding carboxylic acids is 3. The Kier molecular flexibility index (Phi) is 9.69. The molecule has 0 radical (unpaired) electrons. The van der Waals surface area contributed by atoms with Crippen LogP contribution >= 0.6 is 23.2 Å². The molecule has 5 rings (SSSR count). The lowest BCUT2D eigenvalue weighted by Gasteiger charge is -2.32. The van der Waals surface area contributed by atoms with Crippen molar-refractivity contribution < 1.29 is 14.4 Å². The summed E-state index contributed by atoms with van der Waals surface area (Å²) in [6.45, 7) is 5.15. The van der Waals surface area contributed by atoms with E-state index in [0.29, 0.717) is 41.5 Å². The molecule has 0 fully saturated rings. The van der Waals surface area contributed by atoms with Crippen LogP contribution in [0.1, 0.15) is 48.2 Å². The lowest BCUT2D eigenvalue weighted by molar-refractivity contribution is -0.141. The third kappa shape index (κ3) is 7.03. The highest BCUT2D eigenvalue weighted by atomic mass is 35.5. The summed E-state index contributed by atoms with van der Waals surface area (Å²) in [6, 6.07) is 25.8. The maximum absolute atomic E-state index is 14.0. The average molecular weight is 617 g/mol. The normalized spacial score (nSPS) is 13.0. The first-order valence-electron chi connectivity index (χ1n) is 14.6. The van der Waals surface area contributed by atoms with Gasteiger partial charge in [-0.3, -0.25) is 14.4 Å². The van der Waals surface area contributed by atoms with Crippen LogP contribution in [0.3, 0.4) is 0 Å². The number of benzene rings is 4. The SMILES string of the molecule is CC(C)CNC(=O)[C@H](Cc1ccccc1)N(Cc1ccc(Cl)c(Cl)c1)C(=O)CCCN1C(=O)c2cccc3cccc1c23. The monoisotopic (exact) mass is 615 g/mol. The van der Waals surface area contributed by atoms with Crippen molar-refractivity contribution in [3.8, 4) is 0 Å². The number of carbonyl (C=O) groups is 3. The van der Waals surface area contributed by atoms with Crippen LogP contribution in [-0.2, 0) is 22.6 Å². The Morgan fingerprint density at radius 2 is 1.63 bits per heavy atom. The second-order valence-corrected chi connectivity index (χ2v) is 12.2. The second kappa shape index (κ2) is 13.6. The van der Waals surface area contributed by atoms with E-state index in [0.717, 1.165) is 27.6 Å². The molecule has 1 heterocycles. The quantitative estimate of drug-likeness (QED) is 0.182. The molecule has 3 amide bonds. The van der Waals surface area contributed by atoms with Gasteiger partial charge in [-0.15, -0.1) is 0 Å². The summed E-state index contributed by atoms with van der Waals surface area (Å²) < 4.78 is 0. The van der Waals surface area contributed by atoms with Crippen LogP contribution in [0.15, 0.2) is 84.9 Å². The Bertz CT molecular complexity index is 1640. The van der Waals surface area contributed by atoms with Crippen LogP contribution in [0, 0.1) is 5.92 Å². The van der Waals surface area contributed by atoms with Crippen LogP contribution in [0.5, 0.6) is 0 Å². The third-order valence-corrected chi connectivity index (χ3v) is 8.45. The zero-order chi connectivity index (χ0) is 30.5. The molecule has 0 unspecified atom stereocenters. The van der Waals surface area contributed by atoms with E-state index in [1.165, 1.54) is 0 Å². The van der Waals surface area contributed by atoms with Gasteiger partial charge in [-0.1, -0.05) is 97.7 Å². The Morgan fingerprint density at radius 1 is 0.884 bits per heavy atom. The van der Waals surface area contributed by atoms with E-state index in [-0.39, 0.29) is 36.6 Å². The van der Waals surface area contributed by atoms with E-state index in [9.17, 15) is 14.4 Å². The minimum absolute atomic E-state index is 0.0538. The standard InChI is InChI=1S/C35H35Cl2N3O3/c1-23(2)21-38-34(42)31(20-24-9-4-3-5-10-24)40(22-25-16-17-28(36)29(37)19-25)32(41)15-8-18-39-30-14-7-12-26-11-6-13-27(33(26)30)35(39)43/h3-7,9-14,16-17,19,23,31H,8,15,18,20-22H2,1-2H3,(H,38,42)/t31-/m0/s1. The fraction of sp³-hybridized carbons (Fsp3) is 0.286. The van der Waals surface area contributed by atoms with Crippen LogP contribution in [0.4, 0.5) is 5.69 Å². The molecule has 0 aliphatic carbocycles. The zero-order valence-electron chi connectivity index (χ0n) is 24.4. The summed E-state index contributed by atoms with van der Waals surface area (Å²) in [7, 11) is 0. The lowest BCUT2D eigenvalue weighted by Crippen LogP contribution is -2.51. The Hall–Kier alpha value is -3.87. The predicted molar refractivity (Wildman–Crippen MR) is 174 cm³/mol. The Balaban J connectivity index is 1.38. The highest BCUT2D eigenvalue weighted by Gasteiger charge is 2.32. The van der Waals surface area contributed by atoms with Crippen molar-refractivity contribution in [3.05, 3.63) is 112 Å². The first kappa shape index (κ1) is 30.6. The van der Waals surface area contributed by atoms with E-state index < -0.39 is 6.04 Å². The molecule has 8 heteroatoms. The molecule has 1 aliphatic heterocycles. The first-order chi connectivity index (χ1) is 20.7. The van der Waals surface area contributed by atoms with Gasteiger partial charge in [0.2, 0.25) is 11.8 Å². The number of anilines is 1. The molecule has 6 nitrogen and oxygen atoms in total. The first-order valence-corrected chi connectivity index (χ1v) is 15.4. The number of halogens is 2. The molecular formula is C35H35Cl2N3O3. The number of hydrogen-bond acceptors (Lipinski definition) is 3. The molecule has 43 heavy (non-hydrogen) atoms. The summed E-state index contributed by atoms with van der Waals surface area (Å²) in [6.07, 6.45) is 0.971. The van der Waals surface area contributed by atoms with E-state index in [2.05, 4.69) is 5.32 Å². The molecular weight excluding hydrogens is 581 g/mol. The van der Waals surface area contributed by atoms with Crippen molar-refractivity contribution in [2.45, 2.75) is 45.7 Å². The fourth-order valence-electron chi connectivity index (χ4n) is 5.54. The van der Waals surface area contributed by atoms with Crippen molar-refractivity contribution >= 4 is 57.4 Å². The number of nitrogens with zero attached hydrogens (tertiary/aromatic N) is 2. The molecule has 0 saturated carbocycles. The minimum Gasteiger partial charge on any atom is -0.354 e.